The molecule has 0 amide bonds. The van der Waals surface area contributed by atoms with Crippen molar-refractivity contribution < 1.29 is 19.3 Å². The number of piperidine rings is 1. The number of aliphatic hydroxyl groups is 1. The Morgan fingerprint density at radius 2 is 2.12 bits per heavy atom. The predicted octanol–water partition coefficient (Wildman–Crippen LogP) is 3.70. The molecule has 2 aromatic carbocycles. The van der Waals surface area contributed by atoms with Gasteiger partial charge >= 0.3 is 0 Å². The first-order valence-corrected chi connectivity index (χ1v) is 8.97. The fraction of sp³-hybridized carbons (Fsp3) is 0.368. The van der Waals surface area contributed by atoms with Crippen molar-refractivity contribution in [3.05, 3.63) is 58.3 Å². The molecular weight excluding hydrogens is 389 g/mol. The molecule has 0 radical (unpaired) electrons. The van der Waals surface area contributed by atoms with Crippen LogP contribution in [0.15, 0.2) is 46.9 Å². The van der Waals surface area contributed by atoms with Crippen molar-refractivity contribution >= 4 is 15.9 Å². The van der Waals surface area contributed by atoms with Gasteiger partial charge in [0, 0.05) is 35.7 Å². The van der Waals surface area contributed by atoms with E-state index in [1.54, 1.807) is 31.2 Å². The topological polar surface area (TPSA) is 52.9 Å². The molecule has 1 heterocycles. The fourth-order valence-electron chi connectivity index (χ4n) is 3.00. The van der Waals surface area contributed by atoms with E-state index in [1.807, 2.05) is 6.07 Å². The summed E-state index contributed by atoms with van der Waals surface area (Å²) in [6.45, 7) is 3.45. The van der Waals surface area contributed by atoms with Crippen molar-refractivity contribution in [3.63, 3.8) is 0 Å². The van der Waals surface area contributed by atoms with E-state index in [0.29, 0.717) is 31.8 Å². The van der Waals surface area contributed by atoms with Crippen LogP contribution in [0.3, 0.4) is 0 Å². The molecular formula is C19H21BrFNO3. The van der Waals surface area contributed by atoms with Gasteiger partial charge in [-0.2, -0.15) is 0 Å². The number of benzene rings is 2. The highest BCUT2D eigenvalue weighted by atomic mass is 79.9. The molecule has 2 atom stereocenters. The third kappa shape index (κ3) is 4.51. The summed E-state index contributed by atoms with van der Waals surface area (Å²) in [6, 6.07) is 11.3. The van der Waals surface area contributed by atoms with E-state index >= 15 is 0 Å². The molecule has 4 nitrogen and oxygen atoms in total. The summed E-state index contributed by atoms with van der Waals surface area (Å²) in [6.07, 6.45) is 0.0409. The van der Waals surface area contributed by atoms with Gasteiger partial charge in [-0.1, -0.05) is 22.0 Å². The van der Waals surface area contributed by atoms with Crippen molar-refractivity contribution in [2.75, 3.05) is 13.1 Å². The molecule has 2 N–H and O–H groups in total. The summed E-state index contributed by atoms with van der Waals surface area (Å²) in [5.41, 5.74) is -0.192. The lowest BCUT2D eigenvalue weighted by molar-refractivity contribution is -0.0966. The molecule has 0 unspecified atom stereocenters. The van der Waals surface area contributed by atoms with Gasteiger partial charge < -0.3 is 14.9 Å². The van der Waals surface area contributed by atoms with E-state index in [9.17, 15) is 14.6 Å². The number of hydrogen-bond donors (Lipinski definition) is 2. The first-order chi connectivity index (χ1) is 11.8. The van der Waals surface area contributed by atoms with Crippen LogP contribution in [0.25, 0.3) is 0 Å². The zero-order valence-electron chi connectivity index (χ0n) is 14.0. The molecule has 1 fully saturated rings. The van der Waals surface area contributed by atoms with Gasteiger partial charge in [-0.3, -0.25) is 4.90 Å². The Bertz CT molecular complexity index is 753. The molecule has 0 saturated carbocycles. The number of nitrogens with zero attached hydrogens (tertiary/aromatic N) is 1. The van der Waals surface area contributed by atoms with E-state index in [0.717, 1.165) is 10.0 Å². The molecule has 25 heavy (non-hydrogen) atoms. The molecule has 1 saturated heterocycles. The monoisotopic (exact) mass is 409 g/mol. The molecule has 2 aromatic rings. The minimum atomic E-state index is -0.998. The molecule has 0 aliphatic carbocycles. The highest BCUT2D eigenvalue weighted by molar-refractivity contribution is 9.10. The minimum absolute atomic E-state index is 0.239. The lowest BCUT2D eigenvalue weighted by atomic mass is 9.90. The van der Waals surface area contributed by atoms with Crippen LogP contribution < -0.4 is 4.74 Å². The normalized spacial score (nSPS) is 24.2. The number of likely N-dealkylation sites (tertiary alicyclic amines) is 1. The average molecular weight is 410 g/mol. The Balaban J connectivity index is 1.73. The number of phenolic OH excluding ortho intramolecular Hbond substituents is 1. The molecule has 6 heteroatoms. The number of ether oxygens (including phenoxy) is 1. The summed E-state index contributed by atoms with van der Waals surface area (Å²) in [5.74, 6) is 0.268. The molecule has 0 bridgehead atoms. The van der Waals surface area contributed by atoms with E-state index in [-0.39, 0.29) is 11.6 Å². The van der Waals surface area contributed by atoms with E-state index in [2.05, 4.69) is 20.8 Å². The summed E-state index contributed by atoms with van der Waals surface area (Å²) in [5, 5.41) is 20.7. The van der Waals surface area contributed by atoms with Crippen LogP contribution in [0, 0.1) is 5.82 Å². The quantitative estimate of drug-likeness (QED) is 0.808. The number of rotatable bonds is 4. The fourth-order valence-corrected chi connectivity index (χ4v) is 3.41. The Labute approximate surface area is 155 Å². The molecule has 134 valence electrons. The van der Waals surface area contributed by atoms with Crippen LogP contribution in [0.2, 0.25) is 0 Å². The summed E-state index contributed by atoms with van der Waals surface area (Å²) in [7, 11) is 0. The maximum Gasteiger partial charge on any atom is 0.140 e. The first-order valence-electron chi connectivity index (χ1n) is 8.18. The van der Waals surface area contributed by atoms with Crippen molar-refractivity contribution in [3.8, 4) is 11.5 Å². The van der Waals surface area contributed by atoms with Gasteiger partial charge in [0.15, 0.2) is 0 Å². The smallest absolute Gasteiger partial charge is 0.140 e. The Hall–Kier alpha value is -1.63. The highest BCUT2D eigenvalue weighted by Gasteiger charge is 2.39. The van der Waals surface area contributed by atoms with Crippen LogP contribution in [-0.4, -0.2) is 39.9 Å². The van der Waals surface area contributed by atoms with E-state index in [1.165, 1.54) is 12.1 Å². The van der Waals surface area contributed by atoms with Crippen molar-refractivity contribution in [2.45, 2.75) is 31.6 Å². The number of hydrogen-bond acceptors (Lipinski definition) is 4. The molecule has 0 aromatic heterocycles. The van der Waals surface area contributed by atoms with E-state index < -0.39 is 11.7 Å². The average Bonchev–Trinajstić information content (AvgIpc) is 2.54. The summed E-state index contributed by atoms with van der Waals surface area (Å²) < 4.78 is 20.1. The lowest BCUT2D eigenvalue weighted by Gasteiger charge is -2.42. The van der Waals surface area contributed by atoms with Gasteiger partial charge in [-0.15, -0.1) is 0 Å². The third-order valence-electron chi connectivity index (χ3n) is 4.56. The zero-order chi connectivity index (χ0) is 18.0. The highest BCUT2D eigenvalue weighted by Crippen LogP contribution is 2.29. The second-order valence-corrected chi connectivity index (χ2v) is 7.59. The zero-order valence-corrected chi connectivity index (χ0v) is 15.5. The van der Waals surface area contributed by atoms with Crippen molar-refractivity contribution in [1.82, 2.24) is 4.90 Å². The van der Waals surface area contributed by atoms with Crippen LogP contribution in [0.4, 0.5) is 4.39 Å². The van der Waals surface area contributed by atoms with Crippen molar-refractivity contribution in [2.24, 2.45) is 0 Å². The summed E-state index contributed by atoms with van der Waals surface area (Å²) >= 11 is 3.41. The number of halogens is 2. The molecule has 0 spiro atoms. The second-order valence-electron chi connectivity index (χ2n) is 6.68. The second kappa shape index (κ2) is 7.32. The van der Waals surface area contributed by atoms with Gasteiger partial charge in [-0.05, 0) is 43.7 Å². The number of aromatic hydroxyl groups is 1. The van der Waals surface area contributed by atoms with E-state index in [4.69, 9.17) is 4.74 Å². The molecule has 1 aliphatic heterocycles. The van der Waals surface area contributed by atoms with Crippen LogP contribution >= 0.6 is 15.9 Å². The van der Waals surface area contributed by atoms with Gasteiger partial charge in [0.1, 0.15) is 29.0 Å². The van der Waals surface area contributed by atoms with Crippen LogP contribution in [0.1, 0.15) is 18.9 Å². The van der Waals surface area contributed by atoms with Gasteiger partial charge in [0.2, 0.25) is 0 Å². The van der Waals surface area contributed by atoms with Gasteiger partial charge in [0.05, 0.1) is 0 Å². The SMILES string of the molecule is C[C@]1(O)CCN(Cc2cc(Br)ccc2O)C[C@@H]1Oc1cccc(F)c1. The van der Waals surface area contributed by atoms with Crippen LogP contribution in [0.5, 0.6) is 11.5 Å². The maximum atomic E-state index is 13.4. The lowest BCUT2D eigenvalue weighted by Crippen LogP contribution is -2.56. The number of phenols is 1. The standard InChI is InChI=1S/C19H21BrFNO3/c1-19(24)7-8-22(11-13-9-14(20)5-6-17(13)23)12-18(19)25-16-4-2-3-15(21)10-16/h2-6,9-10,18,23-24H,7-8,11-12H2,1H3/t18-,19-/m0/s1. The Morgan fingerprint density at radius 3 is 2.88 bits per heavy atom. The maximum absolute atomic E-state index is 13.4. The summed E-state index contributed by atoms with van der Waals surface area (Å²) in [4.78, 5) is 2.11. The third-order valence-corrected chi connectivity index (χ3v) is 5.06. The van der Waals surface area contributed by atoms with Gasteiger partial charge in [0.25, 0.3) is 0 Å². The van der Waals surface area contributed by atoms with Crippen molar-refractivity contribution in [1.29, 1.82) is 0 Å². The largest absolute Gasteiger partial charge is 0.508 e. The van der Waals surface area contributed by atoms with Crippen LogP contribution in [-0.2, 0) is 6.54 Å². The molecule has 1 aliphatic rings. The Morgan fingerprint density at radius 1 is 1.32 bits per heavy atom. The predicted molar refractivity (Wildman–Crippen MR) is 97.1 cm³/mol. The Kier molecular flexibility index (Phi) is 5.32. The first kappa shape index (κ1) is 18.2. The minimum Gasteiger partial charge on any atom is -0.508 e. The van der Waals surface area contributed by atoms with Gasteiger partial charge in [-0.25, -0.2) is 4.39 Å². The molecule has 3 rings (SSSR count).